The molecular weight excluding hydrogens is 374 g/mol. The molecule has 2 N–H and O–H groups in total. The molecule has 0 fully saturated rings. The fourth-order valence-corrected chi connectivity index (χ4v) is 3.35. The molecule has 3 aromatic rings. The third kappa shape index (κ3) is 5.54. The number of hydrogen-bond donors (Lipinski definition) is 2. The number of carbonyl (C=O) groups is 2. The number of rotatable bonds is 8. The maximum absolute atomic E-state index is 13.3. The number of nitrogens with zero attached hydrogens (tertiary/aromatic N) is 1. The van der Waals surface area contributed by atoms with E-state index >= 15 is 0 Å². The molecule has 0 aliphatic heterocycles. The predicted molar refractivity (Wildman–Crippen MR) is 118 cm³/mol. The van der Waals surface area contributed by atoms with E-state index in [9.17, 15) is 9.59 Å². The molecule has 0 saturated heterocycles. The van der Waals surface area contributed by atoms with Crippen molar-refractivity contribution >= 4 is 11.8 Å². The van der Waals surface area contributed by atoms with E-state index in [1.165, 1.54) is 0 Å². The first-order valence-corrected chi connectivity index (χ1v) is 10.1. The molecule has 1 unspecified atom stereocenters. The minimum Gasteiger partial charge on any atom is -0.349 e. The van der Waals surface area contributed by atoms with Gasteiger partial charge in [0, 0.05) is 6.20 Å². The van der Waals surface area contributed by atoms with Crippen LogP contribution in [-0.2, 0) is 16.1 Å². The maximum Gasteiger partial charge on any atom is 0.243 e. The van der Waals surface area contributed by atoms with E-state index in [2.05, 4.69) is 15.6 Å². The number of hydrogen-bond acceptors (Lipinski definition) is 3. The van der Waals surface area contributed by atoms with Crippen LogP contribution in [0, 0.1) is 5.92 Å². The molecule has 1 aromatic heterocycles. The Bertz CT molecular complexity index is 904. The number of pyridine rings is 1. The van der Waals surface area contributed by atoms with Gasteiger partial charge >= 0.3 is 0 Å². The first-order chi connectivity index (χ1) is 14.6. The van der Waals surface area contributed by atoms with Crippen LogP contribution in [0.15, 0.2) is 85.1 Å². The Kier molecular flexibility index (Phi) is 7.33. The van der Waals surface area contributed by atoms with E-state index in [1.54, 1.807) is 6.20 Å². The fraction of sp³-hybridized carbons (Fsp3) is 0.240. The van der Waals surface area contributed by atoms with Crippen molar-refractivity contribution in [2.45, 2.75) is 32.4 Å². The van der Waals surface area contributed by atoms with Gasteiger partial charge in [-0.05, 0) is 29.2 Å². The molecule has 0 saturated carbocycles. The van der Waals surface area contributed by atoms with Crippen LogP contribution >= 0.6 is 0 Å². The Balaban J connectivity index is 1.77. The highest BCUT2D eigenvalue weighted by Gasteiger charge is 2.29. The smallest absolute Gasteiger partial charge is 0.243 e. The van der Waals surface area contributed by atoms with Crippen molar-refractivity contribution < 1.29 is 9.59 Å². The van der Waals surface area contributed by atoms with Crippen molar-refractivity contribution in [3.63, 3.8) is 0 Å². The molecular formula is C25H27N3O2. The van der Waals surface area contributed by atoms with E-state index in [0.29, 0.717) is 6.54 Å². The van der Waals surface area contributed by atoms with E-state index in [4.69, 9.17) is 0 Å². The quantitative estimate of drug-likeness (QED) is 0.605. The molecule has 0 aliphatic carbocycles. The normalized spacial score (nSPS) is 11.9. The second kappa shape index (κ2) is 10.3. The van der Waals surface area contributed by atoms with Crippen LogP contribution in [0.4, 0.5) is 0 Å². The third-order valence-corrected chi connectivity index (χ3v) is 4.94. The zero-order valence-electron chi connectivity index (χ0n) is 17.3. The zero-order valence-corrected chi connectivity index (χ0v) is 17.3. The Labute approximate surface area is 177 Å². The summed E-state index contributed by atoms with van der Waals surface area (Å²) >= 11 is 0. The second-order valence-electron chi connectivity index (χ2n) is 7.52. The summed E-state index contributed by atoms with van der Waals surface area (Å²) in [4.78, 5) is 30.4. The Hall–Kier alpha value is -3.47. The van der Waals surface area contributed by atoms with Gasteiger partial charge in [0.1, 0.15) is 6.04 Å². The molecule has 3 rings (SSSR count). The van der Waals surface area contributed by atoms with Gasteiger partial charge in [-0.2, -0.15) is 0 Å². The third-order valence-electron chi connectivity index (χ3n) is 4.94. The summed E-state index contributed by atoms with van der Waals surface area (Å²) < 4.78 is 0. The van der Waals surface area contributed by atoms with E-state index < -0.39 is 12.0 Å². The Morgan fingerprint density at radius 2 is 1.37 bits per heavy atom. The van der Waals surface area contributed by atoms with Crippen LogP contribution in [0.1, 0.15) is 36.6 Å². The van der Waals surface area contributed by atoms with Gasteiger partial charge in [0.2, 0.25) is 11.8 Å². The maximum atomic E-state index is 13.3. The average molecular weight is 402 g/mol. The van der Waals surface area contributed by atoms with Crippen molar-refractivity contribution in [3.05, 3.63) is 102 Å². The summed E-state index contributed by atoms with van der Waals surface area (Å²) in [5.74, 6) is -0.968. The van der Waals surface area contributed by atoms with E-state index in [0.717, 1.165) is 16.8 Å². The summed E-state index contributed by atoms with van der Waals surface area (Å²) in [6.07, 6.45) is 1.69. The Morgan fingerprint density at radius 3 is 1.87 bits per heavy atom. The number of aromatic nitrogens is 1. The van der Waals surface area contributed by atoms with E-state index in [1.807, 2.05) is 92.7 Å². The SMILES string of the molecule is CC(C)C(NC(=O)C(c1ccccc1)c1ccccc1)C(=O)NCc1ccccn1. The Morgan fingerprint density at radius 1 is 0.800 bits per heavy atom. The number of nitrogens with one attached hydrogen (secondary N) is 2. The monoisotopic (exact) mass is 401 g/mol. The molecule has 0 spiro atoms. The predicted octanol–water partition coefficient (Wildman–Crippen LogP) is 3.67. The fourth-order valence-electron chi connectivity index (χ4n) is 3.35. The minimum absolute atomic E-state index is 0.0649. The van der Waals surface area contributed by atoms with Gasteiger partial charge in [-0.15, -0.1) is 0 Å². The van der Waals surface area contributed by atoms with Crippen LogP contribution in [0.5, 0.6) is 0 Å². The lowest BCUT2D eigenvalue weighted by Gasteiger charge is -2.25. The van der Waals surface area contributed by atoms with Crippen molar-refractivity contribution in [2.75, 3.05) is 0 Å². The molecule has 0 radical (unpaired) electrons. The highest BCUT2D eigenvalue weighted by molar-refractivity contribution is 5.92. The van der Waals surface area contributed by atoms with Crippen LogP contribution in [-0.4, -0.2) is 22.8 Å². The van der Waals surface area contributed by atoms with Crippen molar-refractivity contribution in [1.82, 2.24) is 15.6 Å². The minimum atomic E-state index is -0.642. The summed E-state index contributed by atoms with van der Waals surface area (Å²) in [7, 11) is 0. The van der Waals surface area contributed by atoms with Crippen LogP contribution in [0.3, 0.4) is 0 Å². The summed E-state index contributed by atoms with van der Waals surface area (Å²) in [6, 6.07) is 24.1. The molecule has 5 nitrogen and oxygen atoms in total. The first kappa shape index (κ1) is 21.2. The lowest BCUT2D eigenvalue weighted by Crippen LogP contribution is -2.50. The molecule has 2 aromatic carbocycles. The number of amides is 2. The van der Waals surface area contributed by atoms with Crippen molar-refractivity contribution in [2.24, 2.45) is 5.92 Å². The van der Waals surface area contributed by atoms with Gasteiger partial charge in [-0.25, -0.2) is 0 Å². The zero-order chi connectivity index (χ0) is 21.3. The van der Waals surface area contributed by atoms with Gasteiger partial charge in [-0.3, -0.25) is 14.6 Å². The van der Waals surface area contributed by atoms with Gasteiger partial charge in [0.05, 0.1) is 18.2 Å². The standard InChI is InChI=1S/C25H27N3O2/c1-18(2)23(25(30)27-17-21-15-9-10-16-26-21)28-24(29)22(19-11-5-3-6-12-19)20-13-7-4-8-14-20/h3-16,18,22-23H,17H2,1-2H3,(H,27,30)(H,28,29). The topological polar surface area (TPSA) is 71.1 Å². The molecule has 1 atom stereocenters. The highest BCUT2D eigenvalue weighted by atomic mass is 16.2. The molecule has 0 bridgehead atoms. The molecule has 154 valence electrons. The van der Waals surface area contributed by atoms with Crippen LogP contribution in [0.25, 0.3) is 0 Å². The molecule has 1 heterocycles. The molecule has 0 aliphatic rings. The summed E-state index contributed by atoms with van der Waals surface area (Å²) in [5, 5.41) is 5.87. The van der Waals surface area contributed by atoms with Gasteiger partial charge < -0.3 is 10.6 Å². The van der Waals surface area contributed by atoms with Crippen molar-refractivity contribution in [1.29, 1.82) is 0 Å². The first-order valence-electron chi connectivity index (χ1n) is 10.1. The largest absolute Gasteiger partial charge is 0.349 e. The van der Waals surface area contributed by atoms with Gasteiger partial charge in [0.25, 0.3) is 0 Å². The van der Waals surface area contributed by atoms with Gasteiger partial charge in [-0.1, -0.05) is 80.6 Å². The number of benzene rings is 2. The number of carbonyl (C=O) groups excluding carboxylic acids is 2. The lowest BCUT2D eigenvalue weighted by atomic mass is 9.89. The van der Waals surface area contributed by atoms with Crippen LogP contribution in [0.2, 0.25) is 0 Å². The lowest BCUT2D eigenvalue weighted by molar-refractivity contribution is -0.130. The van der Waals surface area contributed by atoms with Gasteiger partial charge in [0.15, 0.2) is 0 Å². The van der Waals surface area contributed by atoms with E-state index in [-0.39, 0.29) is 17.7 Å². The van der Waals surface area contributed by atoms with Crippen molar-refractivity contribution in [3.8, 4) is 0 Å². The van der Waals surface area contributed by atoms with Crippen LogP contribution < -0.4 is 10.6 Å². The average Bonchev–Trinajstić information content (AvgIpc) is 2.78. The molecule has 5 heteroatoms. The highest BCUT2D eigenvalue weighted by Crippen LogP contribution is 2.25. The molecule has 30 heavy (non-hydrogen) atoms. The summed E-state index contributed by atoms with van der Waals surface area (Å²) in [6.45, 7) is 4.16. The summed E-state index contributed by atoms with van der Waals surface area (Å²) in [5.41, 5.74) is 2.54. The molecule has 2 amide bonds. The second-order valence-corrected chi connectivity index (χ2v) is 7.52.